The number of hydrogen-bond donors (Lipinski definition) is 0. The van der Waals surface area contributed by atoms with E-state index in [0.29, 0.717) is 6.42 Å². The third-order valence-electron chi connectivity index (χ3n) is 3.86. The molecule has 0 bridgehead atoms. The van der Waals surface area contributed by atoms with Crippen molar-refractivity contribution in [3.63, 3.8) is 0 Å². The minimum Gasteiger partial charge on any atom is -0.299 e. The zero-order chi connectivity index (χ0) is 11.1. The number of hydrogen-bond acceptors (Lipinski definition) is 2. The fraction of sp³-hybridized carbons (Fsp3) is 0.429. The largest absolute Gasteiger partial charge is 0.299 e. The molecule has 1 aromatic carbocycles. The molecule has 2 nitrogen and oxygen atoms in total. The zero-order valence-electron chi connectivity index (χ0n) is 9.11. The molecular formula is C14H14O2. The predicted octanol–water partition coefficient (Wildman–Crippen LogP) is 2.41. The van der Waals surface area contributed by atoms with Crippen LogP contribution >= 0.6 is 0 Å². The number of carbonyl (C=O) groups is 2. The van der Waals surface area contributed by atoms with Crippen LogP contribution in [0.3, 0.4) is 0 Å². The molecule has 2 heteroatoms. The molecule has 0 aromatic heterocycles. The Morgan fingerprint density at radius 3 is 2.81 bits per heavy atom. The second-order valence-electron chi connectivity index (χ2n) is 4.82. The van der Waals surface area contributed by atoms with Crippen LogP contribution < -0.4 is 0 Å². The van der Waals surface area contributed by atoms with Crippen molar-refractivity contribution in [2.75, 3.05) is 0 Å². The van der Waals surface area contributed by atoms with Gasteiger partial charge in [0.2, 0.25) is 0 Å². The highest BCUT2D eigenvalue weighted by molar-refractivity contribution is 6.12. The molecule has 82 valence electrons. The van der Waals surface area contributed by atoms with E-state index in [1.54, 1.807) is 0 Å². The van der Waals surface area contributed by atoms with Crippen LogP contribution in [0, 0.1) is 11.8 Å². The summed E-state index contributed by atoms with van der Waals surface area (Å²) in [6.07, 6.45) is 3.47. The van der Waals surface area contributed by atoms with E-state index in [0.717, 1.165) is 30.4 Å². The average Bonchev–Trinajstić information content (AvgIpc) is 2.29. The Hall–Kier alpha value is -1.44. The highest BCUT2D eigenvalue weighted by Gasteiger charge is 2.41. The summed E-state index contributed by atoms with van der Waals surface area (Å²) < 4.78 is 0. The van der Waals surface area contributed by atoms with Gasteiger partial charge in [-0.2, -0.15) is 0 Å². The third kappa shape index (κ3) is 1.33. The van der Waals surface area contributed by atoms with Crippen molar-refractivity contribution in [1.82, 2.24) is 0 Å². The van der Waals surface area contributed by atoms with E-state index in [4.69, 9.17) is 0 Å². The fourth-order valence-electron chi connectivity index (χ4n) is 3.09. The van der Waals surface area contributed by atoms with Gasteiger partial charge in [-0.3, -0.25) is 9.59 Å². The number of benzene rings is 1. The lowest BCUT2D eigenvalue weighted by atomic mass is 9.67. The molecule has 0 aliphatic heterocycles. The first kappa shape index (κ1) is 9.76. The van der Waals surface area contributed by atoms with Gasteiger partial charge >= 0.3 is 0 Å². The molecule has 2 aliphatic rings. The molecule has 16 heavy (non-hydrogen) atoms. The first-order valence-corrected chi connectivity index (χ1v) is 5.92. The number of ketones is 2. The number of carbonyl (C=O) groups excluding carboxylic acids is 2. The summed E-state index contributed by atoms with van der Waals surface area (Å²) in [6, 6.07) is 7.72. The lowest BCUT2D eigenvalue weighted by molar-refractivity contribution is -0.124. The molecule has 0 heterocycles. The third-order valence-corrected chi connectivity index (χ3v) is 3.86. The van der Waals surface area contributed by atoms with Crippen LogP contribution in [0.15, 0.2) is 24.3 Å². The summed E-state index contributed by atoms with van der Waals surface area (Å²) in [5.74, 6) is 0.166. The average molecular weight is 214 g/mol. The zero-order valence-corrected chi connectivity index (χ0v) is 9.11. The standard InChI is InChI=1S/C14H14O2/c15-12-7-3-5-10-8-9-4-1-2-6-11(9)14(16)13(10)12/h1-2,4,6,10,13H,3,5,7-8H2/t10-,13-/m0/s1. The second-order valence-corrected chi connectivity index (χ2v) is 4.82. The van der Waals surface area contributed by atoms with Crippen molar-refractivity contribution in [3.8, 4) is 0 Å². The van der Waals surface area contributed by atoms with Crippen molar-refractivity contribution < 1.29 is 9.59 Å². The first-order valence-electron chi connectivity index (χ1n) is 5.92. The van der Waals surface area contributed by atoms with E-state index < -0.39 is 0 Å². The van der Waals surface area contributed by atoms with Gasteiger partial charge < -0.3 is 0 Å². The Balaban J connectivity index is 2.07. The fourth-order valence-corrected chi connectivity index (χ4v) is 3.09. The smallest absolute Gasteiger partial charge is 0.173 e. The van der Waals surface area contributed by atoms with Gasteiger partial charge in [0.25, 0.3) is 0 Å². The van der Waals surface area contributed by atoms with Gasteiger partial charge in [0.15, 0.2) is 5.78 Å². The van der Waals surface area contributed by atoms with Crippen LogP contribution in [0.1, 0.15) is 35.2 Å². The molecule has 1 fully saturated rings. The van der Waals surface area contributed by atoms with Gasteiger partial charge in [-0.25, -0.2) is 0 Å². The molecule has 0 amide bonds. The Labute approximate surface area is 94.7 Å². The molecule has 2 atom stereocenters. The Morgan fingerprint density at radius 1 is 1.12 bits per heavy atom. The summed E-state index contributed by atoms with van der Waals surface area (Å²) >= 11 is 0. The Morgan fingerprint density at radius 2 is 1.94 bits per heavy atom. The minimum atomic E-state index is -0.330. The van der Waals surface area contributed by atoms with Crippen molar-refractivity contribution in [3.05, 3.63) is 35.4 Å². The first-order chi connectivity index (χ1) is 7.77. The van der Waals surface area contributed by atoms with Gasteiger partial charge in [-0.1, -0.05) is 24.3 Å². The maximum absolute atomic E-state index is 12.2. The summed E-state index contributed by atoms with van der Waals surface area (Å²) in [7, 11) is 0. The van der Waals surface area contributed by atoms with Gasteiger partial charge in [0, 0.05) is 12.0 Å². The van der Waals surface area contributed by atoms with Crippen molar-refractivity contribution in [2.24, 2.45) is 11.8 Å². The highest BCUT2D eigenvalue weighted by Crippen LogP contribution is 2.37. The molecule has 1 saturated carbocycles. The van der Waals surface area contributed by atoms with Crippen LogP contribution in [-0.4, -0.2) is 11.6 Å². The SMILES string of the molecule is O=C1CCC[C@H]2Cc3ccccc3C(=O)[C@H]12. The van der Waals surface area contributed by atoms with E-state index in [1.807, 2.05) is 24.3 Å². The predicted molar refractivity (Wildman–Crippen MR) is 60.3 cm³/mol. The molecule has 2 aliphatic carbocycles. The summed E-state index contributed by atoms with van der Waals surface area (Å²) in [5.41, 5.74) is 1.91. The second kappa shape index (κ2) is 3.55. The van der Waals surface area contributed by atoms with Gasteiger partial charge in [0.05, 0.1) is 5.92 Å². The maximum atomic E-state index is 12.2. The van der Waals surface area contributed by atoms with Crippen molar-refractivity contribution in [1.29, 1.82) is 0 Å². The van der Waals surface area contributed by atoms with Crippen LogP contribution in [0.5, 0.6) is 0 Å². The molecule has 3 rings (SSSR count). The molecule has 0 saturated heterocycles. The molecule has 0 N–H and O–H groups in total. The van der Waals surface area contributed by atoms with Crippen LogP contribution in [0.25, 0.3) is 0 Å². The normalized spacial score (nSPS) is 28.5. The van der Waals surface area contributed by atoms with Gasteiger partial charge in [0.1, 0.15) is 5.78 Å². The molecule has 0 spiro atoms. The van der Waals surface area contributed by atoms with Crippen molar-refractivity contribution >= 4 is 11.6 Å². The van der Waals surface area contributed by atoms with E-state index in [9.17, 15) is 9.59 Å². The minimum absolute atomic E-state index is 0.0663. The van der Waals surface area contributed by atoms with Crippen LogP contribution in [0.2, 0.25) is 0 Å². The topological polar surface area (TPSA) is 34.1 Å². The van der Waals surface area contributed by atoms with Gasteiger partial charge in [-0.05, 0) is 30.7 Å². The van der Waals surface area contributed by atoms with Gasteiger partial charge in [-0.15, -0.1) is 0 Å². The number of fused-ring (bicyclic) bond motifs is 2. The molecule has 0 radical (unpaired) electrons. The van der Waals surface area contributed by atoms with E-state index in [1.165, 1.54) is 0 Å². The number of Topliss-reactive ketones (excluding diaryl/α,β-unsaturated/α-hetero) is 2. The Kier molecular flexibility index (Phi) is 2.16. The Bertz CT molecular complexity index is 462. The lowest BCUT2D eigenvalue weighted by Gasteiger charge is -2.34. The summed E-state index contributed by atoms with van der Waals surface area (Å²) in [5, 5.41) is 0. The lowest BCUT2D eigenvalue weighted by Crippen LogP contribution is -2.39. The highest BCUT2D eigenvalue weighted by atomic mass is 16.2. The van der Waals surface area contributed by atoms with E-state index in [2.05, 4.69) is 0 Å². The molecule has 1 aromatic rings. The van der Waals surface area contributed by atoms with E-state index in [-0.39, 0.29) is 23.4 Å². The maximum Gasteiger partial charge on any atom is 0.173 e. The quantitative estimate of drug-likeness (QED) is 0.621. The van der Waals surface area contributed by atoms with Crippen molar-refractivity contribution in [2.45, 2.75) is 25.7 Å². The van der Waals surface area contributed by atoms with E-state index >= 15 is 0 Å². The summed E-state index contributed by atoms with van der Waals surface area (Å²) in [6.45, 7) is 0. The summed E-state index contributed by atoms with van der Waals surface area (Å²) in [4.78, 5) is 24.1. The monoisotopic (exact) mass is 214 g/mol. The molecule has 0 unspecified atom stereocenters. The van der Waals surface area contributed by atoms with Crippen LogP contribution in [-0.2, 0) is 11.2 Å². The van der Waals surface area contributed by atoms with Crippen LogP contribution in [0.4, 0.5) is 0 Å². The molecular weight excluding hydrogens is 200 g/mol. The number of rotatable bonds is 0.